The van der Waals surface area contributed by atoms with Crippen LogP contribution in [-0.4, -0.2) is 58.5 Å². The molecule has 3 aliphatic heterocycles. The second-order valence-electron chi connectivity index (χ2n) is 12.7. The van der Waals surface area contributed by atoms with E-state index in [1.54, 1.807) is 12.1 Å². The topological polar surface area (TPSA) is 65.4 Å². The van der Waals surface area contributed by atoms with E-state index in [1.807, 2.05) is 19.1 Å². The molecule has 3 heterocycles. The molecule has 0 amide bonds. The predicted octanol–water partition coefficient (Wildman–Crippen LogP) is 5.72. The number of rotatable bonds is 6. The number of hydrogen-bond donors (Lipinski definition) is 1. The number of piperidine rings is 1. The highest BCUT2D eigenvalue weighted by Crippen LogP contribution is 2.50. The summed E-state index contributed by atoms with van der Waals surface area (Å²) < 4.78 is 13.6. The maximum absolute atomic E-state index is 13.6. The highest BCUT2D eigenvalue weighted by molar-refractivity contribution is 5.85. The number of nitrogens with zero attached hydrogens (tertiary/aromatic N) is 3. The maximum atomic E-state index is 13.6. The number of halogens is 1. The predicted molar refractivity (Wildman–Crippen MR) is 143 cm³/mol. The quantitative estimate of drug-likeness (QED) is 0.531. The molecule has 6 nitrogen and oxygen atoms in total. The lowest BCUT2D eigenvalue weighted by atomic mass is 9.80. The van der Waals surface area contributed by atoms with Crippen LogP contribution in [0.2, 0.25) is 0 Å². The Bertz CT molecular complexity index is 1280. The lowest BCUT2D eigenvalue weighted by Crippen LogP contribution is -2.61. The molecule has 0 bridgehead atoms. The van der Waals surface area contributed by atoms with Gasteiger partial charge in [0.2, 0.25) is 0 Å². The van der Waals surface area contributed by atoms with E-state index in [1.165, 1.54) is 47.9 Å². The van der Waals surface area contributed by atoms with Gasteiger partial charge in [0, 0.05) is 32.7 Å². The van der Waals surface area contributed by atoms with Crippen LogP contribution >= 0.6 is 0 Å². The minimum atomic E-state index is -0.700. The van der Waals surface area contributed by atoms with Gasteiger partial charge in [-0.3, -0.25) is 9.69 Å². The maximum Gasteiger partial charge on any atom is 0.309 e. The average molecular weight is 518 g/mol. The van der Waals surface area contributed by atoms with Crippen LogP contribution in [0.15, 0.2) is 41.6 Å². The van der Waals surface area contributed by atoms with Crippen LogP contribution < -0.4 is 0 Å². The highest BCUT2D eigenvalue weighted by atomic mass is 19.1. The van der Waals surface area contributed by atoms with Gasteiger partial charge in [-0.2, -0.15) is 0 Å². The van der Waals surface area contributed by atoms with E-state index in [0.717, 1.165) is 50.5 Å². The summed E-state index contributed by atoms with van der Waals surface area (Å²) in [5.41, 5.74) is 5.87. The van der Waals surface area contributed by atoms with Crippen LogP contribution in [0.5, 0.6) is 0 Å². The molecule has 200 valence electrons. The van der Waals surface area contributed by atoms with Crippen molar-refractivity contribution >= 4 is 11.8 Å². The van der Waals surface area contributed by atoms with Crippen LogP contribution in [0.4, 0.5) is 4.39 Å². The van der Waals surface area contributed by atoms with E-state index >= 15 is 0 Å². The first-order valence-corrected chi connectivity index (χ1v) is 14.2. The Balaban J connectivity index is 1.03. The third-order valence-corrected chi connectivity index (χ3v) is 9.49. The Morgan fingerprint density at radius 2 is 1.71 bits per heavy atom. The molecule has 2 aromatic carbocycles. The molecule has 2 saturated carbocycles. The zero-order chi connectivity index (χ0) is 26.1. The molecule has 7 rings (SSSR count). The molecule has 0 unspecified atom stereocenters. The number of hydrogen-bond acceptors (Lipinski definition) is 5. The molecule has 7 heteroatoms. The third-order valence-electron chi connectivity index (χ3n) is 9.49. The monoisotopic (exact) mass is 517 g/mol. The summed E-state index contributed by atoms with van der Waals surface area (Å²) in [5, 5.41) is 14.0. The van der Waals surface area contributed by atoms with E-state index in [9.17, 15) is 14.3 Å². The summed E-state index contributed by atoms with van der Waals surface area (Å²) in [6.07, 6.45) is 7.06. The van der Waals surface area contributed by atoms with Crippen molar-refractivity contribution in [1.29, 1.82) is 0 Å². The highest BCUT2D eigenvalue weighted by Gasteiger charge is 2.51. The van der Waals surface area contributed by atoms with Crippen molar-refractivity contribution in [3.63, 3.8) is 0 Å². The number of benzene rings is 2. The molecule has 0 aromatic heterocycles. The smallest absolute Gasteiger partial charge is 0.309 e. The normalized spacial score (nSPS) is 24.2. The lowest BCUT2D eigenvalue weighted by Gasteiger charge is -2.46. The summed E-state index contributed by atoms with van der Waals surface area (Å²) >= 11 is 0. The zero-order valence-electron chi connectivity index (χ0n) is 22.1. The lowest BCUT2D eigenvalue weighted by molar-refractivity contribution is -0.150. The largest absolute Gasteiger partial charge is 0.481 e. The number of aliphatic carboxylic acids is 1. The minimum absolute atomic E-state index is 0.187. The van der Waals surface area contributed by atoms with Crippen LogP contribution in [-0.2, 0) is 16.2 Å². The molecule has 2 saturated heterocycles. The van der Waals surface area contributed by atoms with Gasteiger partial charge in [-0.25, -0.2) is 4.39 Å². The fraction of sp³-hybridized carbons (Fsp3) is 0.548. The number of likely N-dealkylation sites (tertiary alicyclic amines) is 2. The van der Waals surface area contributed by atoms with Gasteiger partial charge >= 0.3 is 5.97 Å². The molecule has 4 fully saturated rings. The van der Waals surface area contributed by atoms with Crippen molar-refractivity contribution in [3.05, 3.63) is 58.9 Å². The van der Waals surface area contributed by atoms with Crippen molar-refractivity contribution in [1.82, 2.24) is 9.80 Å². The zero-order valence-corrected chi connectivity index (χ0v) is 22.1. The Morgan fingerprint density at radius 3 is 2.34 bits per heavy atom. The number of carbonyl (C=O) groups is 1. The van der Waals surface area contributed by atoms with Gasteiger partial charge < -0.3 is 14.8 Å². The van der Waals surface area contributed by atoms with Crippen LogP contribution in [0.1, 0.15) is 80.4 Å². The fourth-order valence-electron chi connectivity index (χ4n) is 6.64. The molecule has 2 aromatic rings. The first-order valence-electron chi connectivity index (χ1n) is 14.2. The van der Waals surface area contributed by atoms with Gasteiger partial charge in [-0.05, 0) is 97.2 Å². The Morgan fingerprint density at radius 1 is 1.05 bits per heavy atom. The summed E-state index contributed by atoms with van der Waals surface area (Å²) in [5.74, 6) is 1.35. The summed E-state index contributed by atoms with van der Waals surface area (Å²) in [4.78, 5) is 22.3. The van der Waals surface area contributed by atoms with Crippen molar-refractivity contribution in [2.45, 2.75) is 75.9 Å². The van der Waals surface area contributed by atoms with E-state index in [4.69, 9.17) is 4.84 Å². The molecule has 5 aliphatic rings. The number of carboxylic acid groups (broad SMARTS) is 1. The van der Waals surface area contributed by atoms with Gasteiger partial charge in [0.1, 0.15) is 11.7 Å². The first kappa shape index (κ1) is 24.1. The van der Waals surface area contributed by atoms with Gasteiger partial charge in [0.05, 0.1) is 11.8 Å². The molecule has 2 aliphatic carbocycles. The number of carboxylic acids is 1. The van der Waals surface area contributed by atoms with Crippen molar-refractivity contribution < 1.29 is 19.1 Å². The van der Waals surface area contributed by atoms with E-state index in [0.29, 0.717) is 24.7 Å². The van der Waals surface area contributed by atoms with Crippen LogP contribution in [0.3, 0.4) is 0 Å². The van der Waals surface area contributed by atoms with Gasteiger partial charge in [0.15, 0.2) is 5.60 Å². The van der Waals surface area contributed by atoms with Crippen molar-refractivity contribution in [2.75, 3.05) is 26.2 Å². The van der Waals surface area contributed by atoms with Crippen LogP contribution in [0.25, 0.3) is 11.1 Å². The van der Waals surface area contributed by atoms with E-state index in [-0.39, 0.29) is 11.4 Å². The standard InChI is InChI=1S/C31H36FN3O3/c1-30(29(36)37)10-12-35(13-11-30)28-16-31(38-33-28)18-34(19-31)17-23-14-26(21-4-5-21)27(15-25(23)20-2-3-20)22-6-8-24(32)9-7-22/h6-9,14-15,20-21H,2-5,10-13,16-19H2,1H3,(H,36,37). The fourth-order valence-corrected chi connectivity index (χ4v) is 6.64. The van der Waals surface area contributed by atoms with Crippen molar-refractivity contribution in [3.8, 4) is 11.1 Å². The Labute approximate surface area is 223 Å². The van der Waals surface area contributed by atoms with Gasteiger partial charge in [0.25, 0.3) is 0 Å². The molecule has 0 atom stereocenters. The van der Waals surface area contributed by atoms with Gasteiger partial charge in [-0.15, -0.1) is 0 Å². The van der Waals surface area contributed by atoms with E-state index < -0.39 is 11.4 Å². The molecule has 0 radical (unpaired) electrons. The number of oxime groups is 1. The Kier molecular flexibility index (Phi) is 5.59. The van der Waals surface area contributed by atoms with Crippen molar-refractivity contribution in [2.24, 2.45) is 10.6 Å². The molecular formula is C31H36FN3O3. The minimum Gasteiger partial charge on any atom is -0.481 e. The SMILES string of the molecule is CC1(C(=O)O)CCN(C2=NOC3(C2)CN(Cc2cc(C4CC4)c(-c4ccc(F)cc4)cc2C2CC2)C3)CC1. The molecular weight excluding hydrogens is 481 g/mol. The summed E-state index contributed by atoms with van der Waals surface area (Å²) in [7, 11) is 0. The first-order chi connectivity index (χ1) is 18.3. The Hall–Kier alpha value is -2.93. The average Bonchev–Trinajstić information content (AvgIpc) is 3.82. The van der Waals surface area contributed by atoms with E-state index in [2.05, 4.69) is 27.1 Å². The second kappa shape index (κ2) is 8.80. The third kappa shape index (κ3) is 4.39. The number of amidine groups is 1. The molecule has 1 N–H and O–H groups in total. The second-order valence-corrected chi connectivity index (χ2v) is 12.7. The summed E-state index contributed by atoms with van der Waals surface area (Å²) in [6, 6.07) is 11.9. The van der Waals surface area contributed by atoms with Gasteiger partial charge in [-0.1, -0.05) is 29.4 Å². The molecule has 38 heavy (non-hydrogen) atoms. The van der Waals surface area contributed by atoms with Crippen LogP contribution in [0, 0.1) is 11.2 Å². The molecule has 1 spiro atoms. The summed E-state index contributed by atoms with van der Waals surface area (Å²) in [6.45, 7) is 5.95.